The minimum atomic E-state index is -0.0248. The van der Waals surface area contributed by atoms with E-state index in [1.165, 1.54) is 10.3 Å². The van der Waals surface area contributed by atoms with Crippen LogP contribution in [0.2, 0.25) is 0 Å². The van der Waals surface area contributed by atoms with Crippen molar-refractivity contribution in [2.24, 2.45) is 5.92 Å². The van der Waals surface area contributed by atoms with Crippen molar-refractivity contribution in [2.75, 3.05) is 6.54 Å². The van der Waals surface area contributed by atoms with Crippen LogP contribution in [0.25, 0.3) is 10.2 Å². The normalized spacial score (nSPS) is 12.2. The molecule has 0 radical (unpaired) electrons. The third kappa shape index (κ3) is 6.52. The topological polar surface area (TPSA) is 59.1 Å². The number of rotatable bonds is 12. The number of carbonyl (C=O) groups excluding carboxylic acids is 2. The number of nitrogens with one attached hydrogen (secondary N) is 1. The first-order chi connectivity index (χ1) is 12.6. The lowest BCUT2D eigenvalue weighted by atomic mass is 9.95. The Kier molecular flexibility index (Phi) is 8.75. The van der Waals surface area contributed by atoms with E-state index in [9.17, 15) is 9.59 Å². The highest BCUT2D eigenvalue weighted by molar-refractivity contribution is 7.18. The number of unbranched alkanes of at least 4 members (excludes halogenated alkanes) is 2. The lowest BCUT2D eigenvalue weighted by Gasteiger charge is -2.15. The van der Waals surface area contributed by atoms with Crippen molar-refractivity contribution < 1.29 is 9.59 Å². The summed E-state index contributed by atoms with van der Waals surface area (Å²) in [5.41, 5.74) is 2.35. The van der Waals surface area contributed by atoms with E-state index in [-0.39, 0.29) is 11.8 Å². The molecule has 0 aliphatic heterocycles. The third-order valence-electron chi connectivity index (χ3n) is 4.66. The summed E-state index contributed by atoms with van der Waals surface area (Å²) in [5.74, 6) is 0.0831. The molecule has 1 atom stereocenters. The zero-order chi connectivity index (χ0) is 18.8. The van der Waals surface area contributed by atoms with Crippen LogP contribution in [-0.2, 0) is 16.0 Å². The highest BCUT2D eigenvalue weighted by atomic mass is 32.1. The Bertz CT molecular complexity index is 711. The number of fused-ring (bicyclic) bond motifs is 1. The summed E-state index contributed by atoms with van der Waals surface area (Å²) in [6.07, 6.45) is 8.15. The number of hydrogen-bond acceptors (Lipinski definition) is 4. The van der Waals surface area contributed by atoms with E-state index < -0.39 is 0 Å². The van der Waals surface area contributed by atoms with E-state index in [0.717, 1.165) is 55.3 Å². The lowest BCUT2D eigenvalue weighted by molar-refractivity contribution is -0.125. The maximum Gasteiger partial charge on any atom is 0.223 e. The van der Waals surface area contributed by atoms with Crippen molar-refractivity contribution in [1.82, 2.24) is 10.3 Å². The van der Waals surface area contributed by atoms with Gasteiger partial charge >= 0.3 is 0 Å². The maximum absolute atomic E-state index is 12.4. The molecule has 0 aliphatic rings. The molecular weight excluding hydrogens is 344 g/mol. The van der Waals surface area contributed by atoms with Crippen molar-refractivity contribution in [2.45, 2.75) is 65.2 Å². The molecule has 4 nitrogen and oxygen atoms in total. The zero-order valence-corrected chi connectivity index (χ0v) is 16.7. The largest absolute Gasteiger partial charge is 0.356 e. The van der Waals surface area contributed by atoms with Crippen LogP contribution in [0.5, 0.6) is 0 Å². The zero-order valence-electron chi connectivity index (χ0n) is 15.9. The number of nitrogens with zero attached hydrogens (tertiary/aromatic N) is 1. The molecule has 2 aromatic rings. The molecule has 1 unspecified atom stereocenters. The lowest BCUT2D eigenvalue weighted by Crippen LogP contribution is -2.31. The summed E-state index contributed by atoms with van der Waals surface area (Å²) in [5, 5.41) is 4.16. The first-order valence-electron chi connectivity index (χ1n) is 9.71. The SMILES string of the molecule is CCCCCC(CCC=O)C(=O)NCCCc1ccc2nc(C)sc2c1. The predicted molar refractivity (Wildman–Crippen MR) is 109 cm³/mol. The number of aromatic nitrogens is 1. The van der Waals surface area contributed by atoms with Gasteiger partial charge < -0.3 is 10.1 Å². The fourth-order valence-electron chi connectivity index (χ4n) is 3.20. The summed E-state index contributed by atoms with van der Waals surface area (Å²) >= 11 is 1.72. The van der Waals surface area contributed by atoms with Gasteiger partial charge in [0, 0.05) is 18.9 Å². The first kappa shape index (κ1) is 20.6. The fraction of sp³-hybridized carbons (Fsp3) is 0.571. The average molecular weight is 375 g/mol. The summed E-state index contributed by atoms with van der Waals surface area (Å²) in [7, 11) is 0. The number of hydrogen-bond donors (Lipinski definition) is 1. The molecule has 1 aromatic heterocycles. The summed E-state index contributed by atoms with van der Waals surface area (Å²) in [6.45, 7) is 4.87. The smallest absolute Gasteiger partial charge is 0.223 e. The number of benzene rings is 1. The molecule has 5 heteroatoms. The first-order valence-corrected chi connectivity index (χ1v) is 10.5. The minimum Gasteiger partial charge on any atom is -0.356 e. The molecule has 1 amide bonds. The summed E-state index contributed by atoms with van der Waals surface area (Å²) in [4.78, 5) is 27.5. The van der Waals surface area contributed by atoms with Gasteiger partial charge in [-0.2, -0.15) is 0 Å². The molecule has 1 heterocycles. The van der Waals surface area contributed by atoms with Gasteiger partial charge in [0.1, 0.15) is 6.29 Å². The van der Waals surface area contributed by atoms with Gasteiger partial charge in [0.2, 0.25) is 5.91 Å². The van der Waals surface area contributed by atoms with Crippen molar-refractivity contribution >= 4 is 33.7 Å². The van der Waals surface area contributed by atoms with Gasteiger partial charge in [-0.1, -0.05) is 32.3 Å². The van der Waals surface area contributed by atoms with Crippen LogP contribution in [0.15, 0.2) is 18.2 Å². The Balaban J connectivity index is 1.76. The maximum atomic E-state index is 12.4. The Morgan fingerprint density at radius 1 is 1.27 bits per heavy atom. The number of amides is 1. The molecule has 0 saturated heterocycles. The van der Waals surface area contributed by atoms with Crippen LogP contribution in [0.3, 0.4) is 0 Å². The number of aryl methyl sites for hydroxylation is 2. The Morgan fingerprint density at radius 2 is 2.12 bits per heavy atom. The van der Waals surface area contributed by atoms with Crippen LogP contribution in [-0.4, -0.2) is 23.7 Å². The van der Waals surface area contributed by atoms with Gasteiger partial charge in [-0.05, 0) is 50.3 Å². The van der Waals surface area contributed by atoms with Gasteiger partial charge in [-0.25, -0.2) is 4.98 Å². The second-order valence-corrected chi connectivity index (χ2v) is 8.10. The Morgan fingerprint density at radius 3 is 2.88 bits per heavy atom. The van der Waals surface area contributed by atoms with E-state index >= 15 is 0 Å². The van der Waals surface area contributed by atoms with Crippen molar-refractivity contribution in [1.29, 1.82) is 0 Å². The highest BCUT2D eigenvalue weighted by Crippen LogP contribution is 2.23. The molecule has 1 N–H and O–H groups in total. The number of aldehydes is 1. The summed E-state index contributed by atoms with van der Waals surface area (Å²) in [6, 6.07) is 6.41. The van der Waals surface area contributed by atoms with Crippen molar-refractivity contribution in [3.05, 3.63) is 28.8 Å². The minimum absolute atomic E-state index is 0.0248. The predicted octanol–water partition coefficient (Wildman–Crippen LogP) is 4.83. The standard InChI is InChI=1S/C21H30N2O2S/c1-3-4-5-9-18(10-7-14-24)21(25)22-13-6-8-17-11-12-19-20(15-17)26-16(2)23-19/h11-12,14-15,18H,3-10,13H2,1-2H3,(H,22,25). The Labute approximate surface area is 160 Å². The van der Waals surface area contributed by atoms with Crippen LogP contribution in [0.1, 0.15) is 62.4 Å². The monoisotopic (exact) mass is 374 g/mol. The van der Waals surface area contributed by atoms with Gasteiger partial charge in [0.15, 0.2) is 0 Å². The fourth-order valence-corrected chi connectivity index (χ4v) is 4.10. The molecule has 26 heavy (non-hydrogen) atoms. The quantitative estimate of drug-likeness (QED) is 0.428. The average Bonchev–Trinajstić information content (AvgIpc) is 3.00. The van der Waals surface area contributed by atoms with Gasteiger partial charge in [-0.15, -0.1) is 11.3 Å². The van der Waals surface area contributed by atoms with Crippen molar-refractivity contribution in [3.8, 4) is 0 Å². The molecule has 1 aromatic carbocycles. The Hall–Kier alpha value is -1.75. The van der Waals surface area contributed by atoms with Crippen LogP contribution in [0, 0.1) is 12.8 Å². The van der Waals surface area contributed by atoms with Gasteiger partial charge in [-0.3, -0.25) is 4.79 Å². The van der Waals surface area contributed by atoms with Crippen LogP contribution in [0.4, 0.5) is 0 Å². The molecular formula is C21H30N2O2S. The molecule has 0 saturated carbocycles. The van der Waals surface area contributed by atoms with Gasteiger partial charge in [0.05, 0.1) is 15.2 Å². The third-order valence-corrected chi connectivity index (χ3v) is 5.59. The molecule has 2 rings (SSSR count). The molecule has 0 spiro atoms. The number of thiazole rings is 1. The van der Waals surface area contributed by atoms with E-state index in [2.05, 4.69) is 35.4 Å². The van der Waals surface area contributed by atoms with Gasteiger partial charge in [0.25, 0.3) is 0 Å². The molecule has 0 aliphatic carbocycles. The van der Waals surface area contributed by atoms with E-state index in [4.69, 9.17) is 0 Å². The van der Waals surface area contributed by atoms with E-state index in [0.29, 0.717) is 19.4 Å². The highest BCUT2D eigenvalue weighted by Gasteiger charge is 2.17. The van der Waals surface area contributed by atoms with E-state index in [1.807, 2.05) is 6.92 Å². The summed E-state index contributed by atoms with van der Waals surface area (Å²) < 4.78 is 1.23. The second kappa shape index (κ2) is 11.1. The van der Waals surface area contributed by atoms with Crippen LogP contribution < -0.4 is 5.32 Å². The molecule has 0 bridgehead atoms. The second-order valence-electron chi connectivity index (χ2n) is 6.87. The number of carbonyl (C=O) groups is 2. The van der Waals surface area contributed by atoms with Crippen molar-refractivity contribution in [3.63, 3.8) is 0 Å². The van der Waals surface area contributed by atoms with Crippen LogP contribution >= 0.6 is 11.3 Å². The molecule has 142 valence electrons. The van der Waals surface area contributed by atoms with E-state index in [1.54, 1.807) is 11.3 Å². The molecule has 0 fully saturated rings.